The van der Waals surface area contributed by atoms with Crippen molar-refractivity contribution in [2.45, 2.75) is 17.9 Å². The van der Waals surface area contributed by atoms with Gasteiger partial charge in [-0.2, -0.15) is 0 Å². The highest BCUT2D eigenvalue weighted by Gasteiger charge is 2.18. The molecule has 9 heteroatoms. The molecule has 1 aromatic carbocycles. The minimum absolute atomic E-state index is 0.0501. The molecule has 0 spiro atoms. The third-order valence-corrected chi connectivity index (χ3v) is 4.68. The second-order valence-electron chi connectivity index (χ2n) is 4.27. The zero-order chi connectivity index (χ0) is 15.5. The van der Waals surface area contributed by atoms with Gasteiger partial charge in [0.1, 0.15) is 11.6 Å². The highest BCUT2D eigenvalue weighted by molar-refractivity contribution is 7.89. The molecule has 21 heavy (non-hydrogen) atoms. The van der Waals surface area contributed by atoms with Gasteiger partial charge in [0.15, 0.2) is 0 Å². The van der Waals surface area contributed by atoms with Crippen LogP contribution in [0, 0.1) is 5.82 Å². The summed E-state index contributed by atoms with van der Waals surface area (Å²) in [5.74, 6) is -0.159. The number of hydrogen-bond acceptors (Lipinski definition) is 4. The SMILES string of the molecule is NCc1cc(S(=O)(=O)NCCc2ncc[nH]2)cc(F)c1Cl. The first-order chi connectivity index (χ1) is 9.94. The second-order valence-corrected chi connectivity index (χ2v) is 6.41. The van der Waals surface area contributed by atoms with E-state index in [1.165, 1.54) is 6.07 Å². The molecule has 1 heterocycles. The summed E-state index contributed by atoms with van der Waals surface area (Å²) in [4.78, 5) is 6.63. The molecule has 4 N–H and O–H groups in total. The number of imidazole rings is 1. The zero-order valence-electron chi connectivity index (χ0n) is 10.9. The lowest BCUT2D eigenvalue weighted by Crippen LogP contribution is -2.26. The van der Waals surface area contributed by atoms with Gasteiger partial charge in [0.25, 0.3) is 0 Å². The first-order valence-corrected chi connectivity index (χ1v) is 7.96. The van der Waals surface area contributed by atoms with E-state index in [0.29, 0.717) is 12.2 Å². The molecule has 0 amide bonds. The predicted octanol–water partition coefficient (Wildman–Crippen LogP) is 1.18. The lowest BCUT2D eigenvalue weighted by atomic mass is 10.2. The summed E-state index contributed by atoms with van der Waals surface area (Å²) in [6, 6.07) is 2.14. The highest BCUT2D eigenvalue weighted by Crippen LogP contribution is 2.24. The van der Waals surface area contributed by atoms with Gasteiger partial charge >= 0.3 is 0 Å². The van der Waals surface area contributed by atoms with Crippen LogP contribution in [0.1, 0.15) is 11.4 Å². The van der Waals surface area contributed by atoms with Gasteiger partial charge < -0.3 is 10.7 Å². The Balaban J connectivity index is 2.13. The number of sulfonamides is 1. The number of nitrogens with zero attached hydrogens (tertiary/aromatic N) is 1. The number of hydrogen-bond donors (Lipinski definition) is 3. The van der Waals surface area contributed by atoms with Gasteiger partial charge in [-0.1, -0.05) is 11.6 Å². The fraction of sp³-hybridized carbons (Fsp3) is 0.250. The van der Waals surface area contributed by atoms with Crippen molar-refractivity contribution in [3.05, 3.63) is 46.8 Å². The molecule has 0 aliphatic carbocycles. The lowest BCUT2D eigenvalue weighted by molar-refractivity contribution is 0.576. The molecule has 0 unspecified atom stereocenters. The molecule has 1 aromatic heterocycles. The molecule has 2 aromatic rings. The molecule has 0 aliphatic rings. The number of halogens is 2. The normalized spacial score (nSPS) is 11.8. The van der Waals surface area contributed by atoms with E-state index < -0.39 is 15.8 Å². The Morgan fingerprint density at radius 3 is 2.81 bits per heavy atom. The summed E-state index contributed by atoms with van der Waals surface area (Å²) >= 11 is 5.70. The van der Waals surface area contributed by atoms with Crippen molar-refractivity contribution in [2.75, 3.05) is 6.54 Å². The third kappa shape index (κ3) is 3.79. The summed E-state index contributed by atoms with van der Waals surface area (Å²) in [6.07, 6.45) is 3.61. The third-order valence-electron chi connectivity index (χ3n) is 2.82. The molecule has 0 atom stereocenters. The van der Waals surface area contributed by atoms with Gasteiger partial charge in [-0.3, -0.25) is 0 Å². The molecule has 0 bridgehead atoms. The van der Waals surface area contributed by atoms with Crippen molar-refractivity contribution in [2.24, 2.45) is 5.73 Å². The molecule has 0 aliphatic heterocycles. The quantitative estimate of drug-likeness (QED) is 0.739. The van der Waals surface area contributed by atoms with E-state index in [9.17, 15) is 12.8 Å². The van der Waals surface area contributed by atoms with Crippen molar-refractivity contribution in [1.82, 2.24) is 14.7 Å². The van der Waals surface area contributed by atoms with Gasteiger partial charge in [0.05, 0.1) is 9.92 Å². The first kappa shape index (κ1) is 15.9. The number of aromatic amines is 1. The van der Waals surface area contributed by atoms with E-state index in [4.69, 9.17) is 17.3 Å². The monoisotopic (exact) mass is 332 g/mol. The van der Waals surface area contributed by atoms with Crippen LogP contribution >= 0.6 is 11.6 Å². The number of nitrogens with one attached hydrogen (secondary N) is 2. The number of benzene rings is 1. The molecule has 114 valence electrons. The number of rotatable bonds is 6. The van der Waals surface area contributed by atoms with Crippen molar-refractivity contribution in [1.29, 1.82) is 0 Å². The summed E-state index contributed by atoms with van der Waals surface area (Å²) in [5.41, 5.74) is 5.66. The summed E-state index contributed by atoms with van der Waals surface area (Å²) in [6.45, 7) is 0.0869. The van der Waals surface area contributed by atoms with Crippen molar-refractivity contribution in [3.63, 3.8) is 0 Å². The van der Waals surface area contributed by atoms with Gasteiger partial charge in [0, 0.05) is 31.9 Å². The van der Waals surface area contributed by atoms with Crippen molar-refractivity contribution >= 4 is 21.6 Å². The highest BCUT2D eigenvalue weighted by atomic mass is 35.5. The fourth-order valence-electron chi connectivity index (χ4n) is 1.74. The standard InChI is InChI=1S/C12H14ClFN4O2S/c13-12-8(7-15)5-9(6-10(12)14)21(19,20)18-2-1-11-16-3-4-17-11/h3-6,18H,1-2,7,15H2,(H,16,17). The molecular weight excluding hydrogens is 319 g/mol. The van der Waals surface area contributed by atoms with E-state index in [2.05, 4.69) is 14.7 Å². The van der Waals surface area contributed by atoms with Crippen LogP contribution in [-0.2, 0) is 23.0 Å². The van der Waals surface area contributed by atoms with Crippen LogP contribution < -0.4 is 10.5 Å². The topological polar surface area (TPSA) is 101 Å². The van der Waals surface area contributed by atoms with Gasteiger partial charge in [-0.15, -0.1) is 0 Å². The molecular formula is C12H14ClFN4O2S. The Bertz CT molecular complexity index is 719. The Labute approximate surface area is 126 Å². The van der Waals surface area contributed by atoms with E-state index in [1.807, 2.05) is 0 Å². The first-order valence-electron chi connectivity index (χ1n) is 6.10. The fourth-order valence-corrected chi connectivity index (χ4v) is 3.02. The zero-order valence-corrected chi connectivity index (χ0v) is 12.5. The van der Waals surface area contributed by atoms with Crippen LogP contribution in [0.4, 0.5) is 4.39 Å². The van der Waals surface area contributed by atoms with Crippen LogP contribution in [-0.4, -0.2) is 24.9 Å². The van der Waals surface area contributed by atoms with E-state index in [-0.39, 0.29) is 28.6 Å². The van der Waals surface area contributed by atoms with Gasteiger partial charge in [-0.25, -0.2) is 22.5 Å². The largest absolute Gasteiger partial charge is 0.349 e. The van der Waals surface area contributed by atoms with Crippen LogP contribution in [0.25, 0.3) is 0 Å². The average Bonchev–Trinajstić information content (AvgIpc) is 2.94. The summed E-state index contributed by atoms with van der Waals surface area (Å²) in [5, 5.41) is -0.160. The van der Waals surface area contributed by atoms with Crippen LogP contribution in [0.2, 0.25) is 5.02 Å². The van der Waals surface area contributed by atoms with Crippen LogP contribution in [0.3, 0.4) is 0 Å². The van der Waals surface area contributed by atoms with Gasteiger partial charge in [0.2, 0.25) is 10.0 Å². The molecule has 6 nitrogen and oxygen atoms in total. The van der Waals surface area contributed by atoms with Crippen molar-refractivity contribution in [3.8, 4) is 0 Å². The number of nitrogens with two attached hydrogens (primary N) is 1. The second kappa shape index (κ2) is 6.52. The maximum atomic E-state index is 13.6. The van der Waals surface area contributed by atoms with Crippen LogP contribution in [0.15, 0.2) is 29.4 Å². The smallest absolute Gasteiger partial charge is 0.240 e. The molecule has 2 rings (SSSR count). The van der Waals surface area contributed by atoms with Crippen molar-refractivity contribution < 1.29 is 12.8 Å². The molecule has 0 saturated carbocycles. The van der Waals surface area contributed by atoms with E-state index >= 15 is 0 Å². The average molecular weight is 333 g/mol. The number of H-pyrrole nitrogens is 1. The Hall–Kier alpha value is -1.48. The summed E-state index contributed by atoms with van der Waals surface area (Å²) < 4.78 is 40.2. The van der Waals surface area contributed by atoms with Crippen LogP contribution in [0.5, 0.6) is 0 Å². The number of aromatic nitrogens is 2. The Morgan fingerprint density at radius 2 is 2.19 bits per heavy atom. The summed E-state index contributed by atoms with van der Waals surface area (Å²) in [7, 11) is -3.83. The van der Waals surface area contributed by atoms with Gasteiger partial charge in [-0.05, 0) is 17.7 Å². The van der Waals surface area contributed by atoms with E-state index in [0.717, 1.165) is 6.07 Å². The predicted molar refractivity (Wildman–Crippen MR) is 76.8 cm³/mol. The molecule has 0 fully saturated rings. The lowest BCUT2D eigenvalue weighted by Gasteiger charge is -2.09. The molecule has 0 radical (unpaired) electrons. The van der Waals surface area contributed by atoms with E-state index in [1.54, 1.807) is 12.4 Å². The Kier molecular flexibility index (Phi) is 4.94. The maximum Gasteiger partial charge on any atom is 0.240 e. The minimum atomic E-state index is -3.83. The Morgan fingerprint density at radius 1 is 1.43 bits per heavy atom. The maximum absolute atomic E-state index is 13.6. The minimum Gasteiger partial charge on any atom is -0.349 e. The molecule has 0 saturated heterocycles.